The average Bonchev–Trinajstić information content (AvgIpc) is 2.98. The van der Waals surface area contributed by atoms with Gasteiger partial charge in [0.25, 0.3) is 10.0 Å². The number of hydrazone groups is 1. The van der Waals surface area contributed by atoms with Crippen molar-refractivity contribution < 1.29 is 13.2 Å². The maximum Gasteiger partial charge on any atom is 0.332 e. The Morgan fingerprint density at radius 3 is 2.50 bits per heavy atom. The molecule has 0 bridgehead atoms. The van der Waals surface area contributed by atoms with Gasteiger partial charge in [0.2, 0.25) is 0 Å². The normalized spacial score (nSPS) is 11.8. The molecule has 0 saturated heterocycles. The van der Waals surface area contributed by atoms with Gasteiger partial charge in [0.05, 0.1) is 10.6 Å². The van der Waals surface area contributed by atoms with Crippen LogP contribution in [0.5, 0.6) is 0 Å². The molecule has 2 amide bonds. The molecular formula is C15H15N5O3S. The summed E-state index contributed by atoms with van der Waals surface area (Å²) in [7, 11) is -3.92. The topological polar surface area (TPSA) is 130 Å². The molecule has 0 fully saturated rings. The van der Waals surface area contributed by atoms with Crippen molar-refractivity contribution in [3.05, 3.63) is 53.3 Å². The zero-order chi connectivity index (χ0) is 17.9. The first-order valence-electron chi connectivity index (χ1n) is 6.80. The Labute approximate surface area is 139 Å². The minimum atomic E-state index is -3.92. The van der Waals surface area contributed by atoms with Crippen molar-refractivity contribution in [3.8, 4) is 6.07 Å². The fraction of sp³-hybridized carbons (Fsp3) is 0.133. The van der Waals surface area contributed by atoms with E-state index in [4.69, 9.17) is 5.73 Å². The first kappa shape index (κ1) is 17.2. The fourth-order valence-corrected chi connectivity index (χ4v) is 3.26. The van der Waals surface area contributed by atoms with E-state index in [-0.39, 0.29) is 10.6 Å². The molecule has 0 atom stereocenters. The highest BCUT2D eigenvalue weighted by Crippen LogP contribution is 2.19. The predicted molar refractivity (Wildman–Crippen MR) is 87.8 cm³/mol. The number of rotatable bonds is 4. The first-order valence-corrected chi connectivity index (χ1v) is 8.24. The van der Waals surface area contributed by atoms with E-state index in [0.717, 1.165) is 9.54 Å². The van der Waals surface area contributed by atoms with Crippen molar-refractivity contribution in [3.63, 3.8) is 0 Å². The molecule has 0 aliphatic heterocycles. The SMILES string of the molecule is CC(=NNC(N)=O)c1cc(C#N)n(S(=O)(=O)c2ccc(C)cc2)c1. The van der Waals surface area contributed by atoms with Gasteiger partial charge in [0.1, 0.15) is 11.8 Å². The molecule has 1 aromatic heterocycles. The number of amides is 2. The van der Waals surface area contributed by atoms with Crippen molar-refractivity contribution in [2.24, 2.45) is 10.8 Å². The number of hydrogen-bond acceptors (Lipinski definition) is 5. The Hall–Kier alpha value is -3.12. The molecule has 9 heteroatoms. The number of urea groups is 1. The maximum absolute atomic E-state index is 12.7. The first-order chi connectivity index (χ1) is 11.3. The van der Waals surface area contributed by atoms with Crippen molar-refractivity contribution in [2.45, 2.75) is 18.7 Å². The molecule has 0 unspecified atom stereocenters. The lowest BCUT2D eigenvalue weighted by atomic mass is 10.2. The summed E-state index contributed by atoms with van der Waals surface area (Å²) in [6, 6.07) is 8.66. The highest BCUT2D eigenvalue weighted by Gasteiger charge is 2.21. The lowest BCUT2D eigenvalue weighted by molar-refractivity contribution is 0.249. The third-order valence-electron chi connectivity index (χ3n) is 3.23. The summed E-state index contributed by atoms with van der Waals surface area (Å²) in [5, 5.41) is 12.9. The van der Waals surface area contributed by atoms with Gasteiger partial charge in [-0.3, -0.25) is 0 Å². The zero-order valence-electron chi connectivity index (χ0n) is 13.0. The molecule has 0 aliphatic carbocycles. The summed E-state index contributed by atoms with van der Waals surface area (Å²) in [5.41, 5.74) is 8.51. The van der Waals surface area contributed by atoms with Crippen LogP contribution in [0, 0.1) is 18.3 Å². The highest BCUT2D eigenvalue weighted by molar-refractivity contribution is 7.90. The number of aryl methyl sites for hydroxylation is 1. The largest absolute Gasteiger partial charge is 0.350 e. The van der Waals surface area contributed by atoms with Crippen LogP contribution in [0.15, 0.2) is 46.5 Å². The third kappa shape index (κ3) is 3.44. The molecule has 2 rings (SSSR count). The molecule has 124 valence electrons. The Bertz CT molecular complexity index is 950. The summed E-state index contributed by atoms with van der Waals surface area (Å²) in [6.45, 7) is 3.39. The van der Waals surface area contributed by atoms with Crippen LogP contribution in [0.25, 0.3) is 0 Å². The van der Waals surface area contributed by atoms with E-state index < -0.39 is 16.1 Å². The molecule has 24 heavy (non-hydrogen) atoms. The lowest BCUT2D eigenvalue weighted by Gasteiger charge is -2.07. The number of primary amides is 1. The van der Waals surface area contributed by atoms with Gasteiger partial charge in [0.15, 0.2) is 0 Å². The van der Waals surface area contributed by atoms with E-state index in [1.807, 2.05) is 13.0 Å². The second-order valence-electron chi connectivity index (χ2n) is 5.01. The quantitative estimate of drug-likeness (QED) is 0.638. The van der Waals surface area contributed by atoms with Gasteiger partial charge in [-0.2, -0.15) is 10.4 Å². The van der Waals surface area contributed by atoms with Gasteiger partial charge in [-0.15, -0.1) is 0 Å². The summed E-state index contributed by atoms with van der Waals surface area (Å²) < 4.78 is 26.3. The van der Waals surface area contributed by atoms with Gasteiger partial charge in [0, 0.05) is 11.8 Å². The average molecular weight is 345 g/mol. The maximum atomic E-state index is 12.7. The smallest absolute Gasteiger partial charge is 0.332 e. The summed E-state index contributed by atoms with van der Waals surface area (Å²) in [4.78, 5) is 10.8. The van der Waals surface area contributed by atoms with Gasteiger partial charge in [-0.05, 0) is 32.0 Å². The van der Waals surface area contributed by atoms with Gasteiger partial charge < -0.3 is 5.73 Å². The van der Waals surface area contributed by atoms with E-state index in [9.17, 15) is 18.5 Å². The van der Waals surface area contributed by atoms with Crippen LogP contribution in [-0.4, -0.2) is 24.1 Å². The molecule has 1 heterocycles. The van der Waals surface area contributed by atoms with Crippen molar-refractivity contribution in [1.82, 2.24) is 9.40 Å². The van der Waals surface area contributed by atoms with E-state index in [2.05, 4.69) is 10.5 Å². The summed E-state index contributed by atoms with van der Waals surface area (Å²) in [5.74, 6) is 0. The standard InChI is InChI=1S/C15H15N5O3S/c1-10-3-5-14(6-4-10)24(22,23)20-9-12(7-13(20)8-16)11(2)18-19-15(17)21/h3-7,9H,1-2H3,(H3,17,19,21). The van der Waals surface area contributed by atoms with Crippen LogP contribution in [0.4, 0.5) is 4.79 Å². The number of nitrogens with zero attached hydrogens (tertiary/aromatic N) is 3. The predicted octanol–water partition coefficient (Wildman–Crippen LogP) is 1.30. The van der Waals surface area contributed by atoms with Crippen LogP contribution in [0.3, 0.4) is 0 Å². The molecule has 8 nitrogen and oxygen atoms in total. The van der Waals surface area contributed by atoms with E-state index in [1.165, 1.54) is 24.4 Å². The molecule has 0 aliphatic rings. The molecule has 0 saturated carbocycles. The zero-order valence-corrected chi connectivity index (χ0v) is 13.8. The molecule has 2 aromatic rings. The van der Waals surface area contributed by atoms with Crippen LogP contribution < -0.4 is 11.2 Å². The number of carbonyl (C=O) groups is 1. The minimum Gasteiger partial charge on any atom is -0.350 e. The Morgan fingerprint density at radius 1 is 1.33 bits per heavy atom. The Kier molecular flexibility index (Phi) is 4.71. The molecule has 3 N–H and O–H groups in total. The molecule has 0 spiro atoms. The molecule has 0 radical (unpaired) electrons. The van der Waals surface area contributed by atoms with Crippen LogP contribution in [-0.2, 0) is 10.0 Å². The minimum absolute atomic E-state index is 0.0663. The second kappa shape index (κ2) is 6.55. The van der Waals surface area contributed by atoms with E-state index in [0.29, 0.717) is 11.3 Å². The third-order valence-corrected chi connectivity index (χ3v) is 4.92. The summed E-state index contributed by atoms with van der Waals surface area (Å²) >= 11 is 0. The van der Waals surface area contributed by atoms with Crippen molar-refractivity contribution in [1.29, 1.82) is 5.26 Å². The van der Waals surface area contributed by atoms with Crippen LogP contribution in [0.1, 0.15) is 23.7 Å². The molecular weight excluding hydrogens is 330 g/mol. The van der Waals surface area contributed by atoms with Gasteiger partial charge in [-0.1, -0.05) is 17.7 Å². The Morgan fingerprint density at radius 2 is 1.96 bits per heavy atom. The van der Waals surface area contributed by atoms with Crippen molar-refractivity contribution in [2.75, 3.05) is 0 Å². The second-order valence-corrected chi connectivity index (χ2v) is 6.83. The van der Waals surface area contributed by atoms with Crippen LogP contribution >= 0.6 is 0 Å². The fourth-order valence-electron chi connectivity index (χ4n) is 1.95. The number of carbonyl (C=O) groups excluding carboxylic acids is 1. The monoisotopic (exact) mass is 345 g/mol. The number of aromatic nitrogens is 1. The highest BCUT2D eigenvalue weighted by atomic mass is 32.2. The van der Waals surface area contributed by atoms with E-state index in [1.54, 1.807) is 19.1 Å². The lowest BCUT2D eigenvalue weighted by Crippen LogP contribution is -2.25. The number of nitrogens with two attached hydrogens (primary N) is 1. The van der Waals surface area contributed by atoms with Crippen LogP contribution in [0.2, 0.25) is 0 Å². The van der Waals surface area contributed by atoms with Gasteiger partial charge in [-0.25, -0.2) is 22.6 Å². The Balaban J connectivity index is 2.51. The summed E-state index contributed by atoms with van der Waals surface area (Å²) in [6.07, 6.45) is 1.27. The van der Waals surface area contributed by atoms with Gasteiger partial charge >= 0.3 is 6.03 Å². The number of nitriles is 1. The van der Waals surface area contributed by atoms with E-state index >= 15 is 0 Å². The number of nitrogens with one attached hydrogen (secondary N) is 1. The molecule has 1 aromatic carbocycles. The number of benzene rings is 1. The number of hydrogen-bond donors (Lipinski definition) is 2. The van der Waals surface area contributed by atoms with Crippen molar-refractivity contribution >= 4 is 21.8 Å².